The van der Waals surface area contributed by atoms with E-state index in [4.69, 9.17) is 9.47 Å². The second-order valence-electron chi connectivity index (χ2n) is 6.94. The zero-order valence-electron chi connectivity index (χ0n) is 16.4. The lowest BCUT2D eigenvalue weighted by atomic mass is 10.1. The van der Waals surface area contributed by atoms with E-state index in [1.54, 1.807) is 27.2 Å². The maximum atomic E-state index is 14.4. The number of hydrogen-bond donors (Lipinski definition) is 1. The van der Waals surface area contributed by atoms with Crippen molar-refractivity contribution in [2.45, 2.75) is 33.0 Å². The van der Waals surface area contributed by atoms with E-state index < -0.39 is 18.0 Å². The quantitative estimate of drug-likeness (QED) is 0.519. The van der Waals surface area contributed by atoms with E-state index in [-0.39, 0.29) is 5.88 Å². The van der Waals surface area contributed by atoms with Gasteiger partial charge in [0.15, 0.2) is 5.82 Å². The normalized spacial score (nSPS) is 13.6. The van der Waals surface area contributed by atoms with Gasteiger partial charge in [-0.3, -0.25) is 4.98 Å². The third kappa shape index (κ3) is 3.73. The standard InChI is InChI=1S/C21H20FN3O3S/c1-10-5-13-7-14(27-4)9-23-18(13)15(6-10)20-24-17-8-16(22)19(25-21(17)29-20)28-12(3)11(2)26/h5-9,11-12,26H,1-4H3/t11-,12+/m1/s1. The average Bonchev–Trinajstić information content (AvgIpc) is 3.09. The summed E-state index contributed by atoms with van der Waals surface area (Å²) in [4.78, 5) is 13.9. The van der Waals surface area contributed by atoms with Gasteiger partial charge in [0, 0.05) is 17.0 Å². The number of nitrogens with zero attached hydrogens (tertiary/aromatic N) is 3. The van der Waals surface area contributed by atoms with Crippen LogP contribution >= 0.6 is 11.3 Å². The van der Waals surface area contributed by atoms with Crippen LogP contribution in [0.2, 0.25) is 0 Å². The van der Waals surface area contributed by atoms with Gasteiger partial charge in [0.1, 0.15) is 27.2 Å². The number of halogens is 1. The number of aromatic nitrogens is 3. The van der Waals surface area contributed by atoms with E-state index in [0.717, 1.165) is 22.0 Å². The minimum absolute atomic E-state index is 0.141. The highest BCUT2D eigenvalue weighted by Crippen LogP contribution is 2.36. The van der Waals surface area contributed by atoms with Gasteiger partial charge in [0.05, 0.1) is 24.9 Å². The highest BCUT2D eigenvalue weighted by atomic mass is 32.1. The third-order valence-electron chi connectivity index (χ3n) is 4.65. The molecule has 6 nitrogen and oxygen atoms in total. The molecule has 0 saturated heterocycles. The molecule has 4 aromatic rings. The zero-order chi connectivity index (χ0) is 20.7. The second kappa shape index (κ2) is 7.53. The van der Waals surface area contributed by atoms with Gasteiger partial charge in [-0.25, -0.2) is 9.37 Å². The van der Waals surface area contributed by atoms with Gasteiger partial charge < -0.3 is 14.6 Å². The summed E-state index contributed by atoms with van der Waals surface area (Å²) in [5.41, 5.74) is 3.14. The van der Waals surface area contributed by atoms with Crippen molar-refractivity contribution in [3.8, 4) is 22.2 Å². The molecule has 0 saturated carbocycles. The van der Waals surface area contributed by atoms with Crippen molar-refractivity contribution >= 4 is 32.6 Å². The Labute approximate surface area is 171 Å². The topological polar surface area (TPSA) is 77.4 Å². The van der Waals surface area contributed by atoms with Crippen molar-refractivity contribution in [2.75, 3.05) is 7.11 Å². The fraction of sp³-hybridized carbons (Fsp3) is 0.286. The number of fused-ring (bicyclic) bond motifs is 2. The highest BCUT2D eigenvalue weighted by Gasteiger charge is 2.19. The number of rotatable bonds is 5. The number of methoxy groups -OCH3 is 1. The van der Waals surface area contributed by atoms with Crippen LogP contribution in [0, 0.1) is 12.7 Å². The Morgan fingerprint density at radius 2 is 1.93 bits per heavy atom. The molecule has 150 valence electrons. The zero-order valence-corrected chi connectivity index (χ0v) is 17.2. The molecule has 0 amide bonds. The molecule has 8 heteroatoms. The fourth-order valence-corrected chi connectivity index (χ4v) is 3.88. The van der Waals surface area contributed by atoms with Crippen LogP contribution in [0.25, 0.3) is 31.8 Å². The van der Waals surface area contributed by atoms with Crippen LogP contribution in [0.5, 0.6) is 11.6 Å². The van der Waals surface area contributed by atoms with E-state index in [0.29, 0.717) is 21.1 Å². The molecule has 1 N–H and O–H groups in total. The van der Waals surface area contributed by atoms with Crippen LogP contribution in [-0.4, -0.2) is 39.4 Å². The molecule has 3 heterocycles. The molecular weight excluding hydrogens is 393 g/mol. The Morgan fingerprint density at radius 3 is 2.66 bits per heavy atom. The van der Waals surface area contributed by atoms with Crippen molar-refractivity contribution < 1.29 is 19.0 Å². The summed E-state index contributed by atoms with van der Waals surface area (Å²) in [6, 6.07) is 7.26. The number of aliphatic hydroxyl groups is 1. The van der Waals surface area contributed by atoms with Gasteiger partial charge in [-0.05, 0) is 44.5 Å². The summed E-state index contributed by atoms with van der Waals surface area (Å²) in [5, 5.41) is 11.2. The summed E-state index contributed by atoms with van der Waals surface area (Å²) >= 11 is 1.34. The summed E-state index contributed by atoms with van der Waals surface area (Å²) in [7, 11) is 1.60. The van der Waals surface area contributed by atoms with Crippen molar-refractivity contribution in [3.63, 3.8) is 0 Å². The molecule has 29 heavy (non-hydrogen) atoms. The minimum Gasteiger partial charge on any atom is -0.495 e. The lowest BCUT2D eigenvalue weighted by molar-refractivity contribution is 0.0549. The molecule has 0 aliphatic carbocycles. The summed E-state index contributed by atoms with van der Waals surface area (Å²) in [6.45, 7) is 5.24. The lowest BCUT2D eigenvalue weighted by Gasteiger charge is -2.16. The van der Waals surface area contributed by atoms with Crippen molar-refractivity contribution in [3.05, 3.63) is 41.8 Å². The summed E-state index contributed by atoms with van der Waals surface area (Å²) in [5.74, 6) is -0.0759. The van der Waals surface area contributed by atoms with Gasteiger partial charge in [0.25, 0.3) is 5.88 Å². The minimum atomic E-state index is -0.745. The number of aryl methyl sites for hydroxylation is 1. The Morgan fingerprint density at radius 1 is 1.14 bits per heavy atom. The van der Waals surface area contributed by atoms with Gasteiger partial charge in [-0.15, -0.1) is 0 Å². The van der Waals surface area contributed by atoms with E-state index in [1.807, 2.05) is 25.1 Å². The summed E-state index contributed by atoms with van der Waals surface area (Å²) in [6.07, 6.45) is 0.336. The molecule has 4 rings (SSSR count). The van der Waals surface area contributed by atoms with Crippen LogP contribution in [0.1, 0.15) is 19.4 Å². The maximum Gasteiger partial charge on any atom is 0.252 e. The van der Waals surface area contributed by atoms with Crippen molar-refractivity contribution in [1.82, 2.24) is 15.0 Å². The number of ether oxygens (including phenoxy) is 2. The molecule has 0 bridgehead atoms. The van der Waals surface area contributed by atoms with Gasteiger partial charge in [-0.2, -0.15) is 4.98 Å². The van der Waals surface area contributed by atoms with Crippen LogP contribution < -0.4 is 9.47 Å². The highest BCUT2D eigenvalue weighted by molar-refractivity contribution is 7.21. The van der Waals surface area contributed by atoms with Crippen LogP contribution in [0.15, 0.2) is 30.5 Å². The van der Waals surface area contributed by atoms with Crippen LogP contribution in [0.4, 0.5) is 4.39 Å². The molecule has 0 unspecified atom stereocenters. The van der Waals surface area contributed by atoms with E-state index in [1.165, 1.54) is 17.4 Å². The molecule has 0 fully saturated rings. The Balaban J connectivity index is 1.82. The first-order valence-electron chi connectivity index (χ1n) is 9.12. The lowest BCUT2D eigenvalue weighted by Crippen LogP contribution is -2.26. The third-order valence-corrected chi connectivity index (χ3v) is 5.65. The molecule has 0 aliphatic heterocycles. The monoisotopic (exact) mass is 413 g/mol. The first-order chi connectivity index (χ1) is 13.9. The van der Waals surface area contributed by atoms with Crippen LogP contribution in [-0.2, 0) is 0 Å². The SMILES string of the molecule is COc1cnc2c(-c3nc4cc(F)c(O[C@@H](C)[C@@H](C)O)nc4s3)cc(C)cc2c1. The van der Waals surface area contributed by atoms with Gasteiger partial charge in [0.2, 0.25) is 0 Å². The molecule has 0 radical (unpaired) electrons. The van der Waals surface area contributed by atoms with Gasteiger partial charge >= 0.3 is 0 Å². The number of benzene rings is 1. The molecule has 1 aromatic carbocycles. The predicted molar refractivity (Wildman–Crippen MR) is 111 cm³/mol. The smallest absolute Gasteiger partial charge is 0.252 e. The molecule has 0 spiro atoms. The number of hydrogen-bond acceptors (Lipinski definition) is 7. The molecule has 0 aliphatic rings. The molecule has 3 aromatic heterocycles. The number of pyridine rings is 2. The van der Waals surface area contributed by atoms with Crippen molar-refractivity contribution in [1.29, 1.82) is 0 Å². The first-order valence-corrected chi connectivity index (χ1v) is 9.94. The second-order valence-corrected chi connectivity index (χ2v) is 7.92. The number of aliphatic hydroxyl groups excluding tert-OH is 1. The van der Waals surface area contributed by atoms with Gasteiger partial charge in [-0.1, -0.05) is 11.3 Å². The van der Waals surface area contributed by atoms with Crippen LogP contribution in [0.3, 0.4) is 0 Å². The Bertz CT molecular complexity index is 1210. The molecule has 2 atom stereocenters. The van der Waals surface area contributed by atoms with Crippen molar-refractivity contribution in [2.24, 2.45) is 0 Å². The average molecular weight is 413 g/mol. The Hall–Kier alpha value is -2.84. The predicted octanol–water partition coefficient (Wildman–Crippen LogP) is 4.51. The molecular formula is C21H20FN3O3S. The first kappa shape index (κ1) is 19.5. The fourth-order valence-electron chi connectivity index (χ4n) is 2.95. The number of thiazole rings is 1. The maximum absolute atomic E-state index is 14.4. The van der Waals surface area contributed by atoms with E-state index in [2.05, 4.69) is 15.0 Å². The summed E-state index contributed by atoms with van der Waals surface area (Å²) < 4.78 is 25.2. The Kier molecular flexibility index (Phi) is 5.06. The van der Waals surface area contributed by atoms with E-state index in [9.17, 15) is 9.50 Å². The van der Waals surface area contributed by atoms with E-state index >= 15 is 0 Å². The largest absolute Gasteiger partial charge is 0.495 e.